The molecule has 6 nitrogen and oxygen atoms in total. The molecule has 2 N–H and O–H groups in total. The lowest BCUT2D eigenvalue weighted by molar-refractivity contribution is -0.120. The van der Waals surface area contributed by atoms with Crippen LogP contribution in [0.3, 0.4) is 0 Å². The van der Waals surface area contributed by atoms with E-state index in [0.717, 1.165) is 0 Å². The van der Waals surface area contributed by atoms with E-state index < -0.39 is 5.63 Å². The van der Waals surface area contributed by atoms with Crippen LogP contribution < -0.4 is 10.9 Å². The van der Waals surface area contributed by atoms with E-state index in [0.29, 0.717) is 35.2 Å². The topological polar surface area (TPSA) is 88.8 Å². The van der Waals surface area contributed by atoms with Gasteiger partial charge in [0.2, 0.25) is 5.91 Å². The lowest BCUT2D eigenvalue weighted by Gasteiger charge is -2.08. The molecule has 0 saturated heterocycles. The van der Waals surface area contributed by atoms with Gasteiger partial charge in [0.25, 0.3) is 0 Å². The largest absolute Gasteiger partial charge is 0.508 e. The second-order valence-corrected chi connectivity index (χ2v) is 4.69. The van der Waals surface area contributed by atoms with Crippen molar-refractivity contribution in [2.24, 2.45) is 0 Å². The number of nitrogens with one attached hydrogen (secondary N) is 1. The number of carbonyl (C=O) groups excluding carboxylic acids is 1. The van der Waals surface area contributed by atoms with Gasteiger partial charge in [-0.1, -0.05) is 0 Å². The molecular weight excluding hydrogens is 274 g/mol. The van der Waals surface area contributed by atoms with E-state index in [-0.39, 0.29) is 18.1 Å². The first kappa shape index (κ1) is 15.1. The average Bonchev–Trinajstić information content (AvgIpc) is 2.43. The Kier molecular flexibility index (Phi) is 4.59. The summed E-state index contributed by atoms with van der Waals surface area (Å²) in [5.74, 6) is -0.240. The molecule has 2 aromatic rings. The van der Waals surface area contributed by atoms with Crippen LogP contribution in [0.25, 0.3) is 11.0 Å². The summed E-state index contributed by atoms with van der Waals surface area (Å²) in [5.41, 5.74) is 0.750. The Morgan fingerprint density at radius 2 is 2.19 bits per heavy atom. The molecule has 0 radical (unpaired) electrons. The molecular formula is C15H17NO5. The molecule has 0 atom stereocenters. The van der Waals surface area contributed by atoms with Crippen LogP contribution in [0, 0.1) is 6.92 Å². The van der Waals surface area contributed by atoms with Crippen LogP contribution in [0.15, 0.2) is 27.4 Å². The summed E-state index contributed by atoms with van der Waals surface area (Å²) in [6, 6.07) is 4.55. The molecule has 1 aromatic heterocycles. The minimum Gasteiger partial charge on any atom is -0.508 e. The van der Waals surface area contributed by atoms with Crippen LogP contribution in [0.1, 0.15) is 11.1 Å². The zero-order valence-corrected chi connectivity index (χ0v) is 11.9. The third-order valence-electron chi connectivity index (χ3n) is 3.24. The monoisotopic (exact) mass is 291 g/mol. The number of ether oxygens (including phenoxy) is 1. The van der Waals surface area contributed by atoms with Crippen molar-refractivity contribution in [3.05, 3.63) is 39.7 Å². The summed E-state index contributed by atoms with van der Waals surface area (Å²) < 4.78 is 10.0. The number of fused-ring (bicyclic) bond motifs is 1. The highest BCUT2D eigenvalue weighted by Crippen LogP contribution is 2.23. The third kappa shape index (κ3) is 3.41. The summed E-state index contributed by atoms with van der Waals surface area (Å²) in [5, 5.41) is 12.8. The van der Waals surface area contributed by atoms with Crippen LogP contribution in [0.5, 0.6) is 5.75 Å². The second kappa shape index (κ2) is 6.41. The predicted molar refractivity (Wildman–Crippen MR) is 77.5 cm³/mol. The van der Waals surface area contributed by atoms with Crippen molar-refractivity contribution >= 4 is 16.9 Å². The number of benzene rings is 1. The first-order chi connectivity index (χ1) is 10.0. The van der Waals surface area contributed by atoms with Crippen molar-refractivity contribution in [3.8, 4) is 5.75 Å². The SMILES string of the molecule is COCCNC(=O)Cc1c(C)c2ccc(O)cc2oc1=O. The van der Waals surface area contributed by atoms with Gasteiger partial charge in [0.1, 0.15) is 11.3 Å². The first-order valence-electron chi connectivity index (χ1n) is 6.54. The number of methoxy groups -OCH3 is 1. The lowest BCUT2D eigenvalue weighted by Crippen LogP contribution is -2.30. The number of hydrogen-bond donors (Lipinski definition) is 2. The maximum atomic E-state index is 12.0. The van der Waals surface area contributed by atoms with Crippen molar-refractivity contribution in [2.45, 2.75) is 13.3 Å². The van der Waals surface area contributed by atoms with Crippen LogP contribution in [-0.2, 0) is 16.0 Å². The second-order valence-electron chi connectivity index (χ2n) is 4.69. The highest BCUT2D eigenvalue weighted by atomic mass is 16.5. The van der Waals surface area contributed by atoms with Crippen molar-refractivity contribution in [1.82, 2.24) is 5.32 Å². The predicted octanol–water partition coefficient (Wildman–Crippen LogP) is 1.11. The Balaban J connectivity index is 2.30. The summed E-state index contributed by atoms with van der Waals surface area (Å²) in [6.45, 7) is 2.56. The van der Waals surface area contributed by atoms with Crippen LogP contribution >= 0.6 is 0 Å². The molecule has 112 valence electrons. The van der Waals surface area contributed by atoms with Gasteiger partial charge >= 0.3 is 5.63 Å². The van der Waals surface area contributed by atoms with E-state index in [9.17, 15) is 14.7 Å². The Labute approximate surface area is 121 Å². The van der Waals surface area contributed by atoms with Gasteiger partial charge in [0.15, 0.2) is 0 Å². The van der Waals surface area contributed by atoms with Gasteiger partial charge in [0, 0.05) is 25.1 Å². The van der Waals surface area contributed by atoms with Gasteiger partial charge < -0.3 is 19.6 Å². The molecule has 1 aromatic carbocycles. The van der Waals surface area contributed by atoms with Crippen LogP contribution in [0.4, 0.5) is 0 Å². The molecule has 0 aliphatic rings. The number of aryl methyl sites for hydroxylation is 1. The third-order valence-corrected chi connectivity index (χ3v) is 3.24. The average molecular weight is 291 g/mol. The van der Waals surface area contributed by atoms with Gasteiger partial charge in [-0.05, 0) is 24.6 Å². The minimum atomic E-state index is -0.563. The van der Waals surface area contributed by atoms with Gasteiger partial charge in [-0.3, -0.25) is 4.79 Å². The van der Waals surface area contributed by atoms with E-state index in [1.165, 1.54) is 12.1 Å². The molecule has 1 amide bonds. The van der Waals surface area contributed by atoms with Gasteiger partial charge in [0.05, 0.1) is 18.6 Å². The number of aromatic hydroxyl groups is 1. The molecule has 0 aliphatic heterocycles. The molecule has 21 heavy (non-hydrogen) atoms. The van der Waals surface area contributed by atoms with Crippen molar-refractivity contribution in [2.75, 3.05) is 20.3 Å². The Hall–Kier alpha value is -2.34. The molecule has 6 heteroatoms. The molecule has 2 rings (SSSR count). The van der Waals surface area contributed by atoms with E-state index in [1.807, 2.05) is 0 Å². The van der Waals surface area contributed by atoms with E-state index >= 15 is 0 Å². The number of hydrogen-bond acceptors (Lipinski definition) is 5. The van der Waals surface area contributed by atoms with E-state index in [2.05, 4.69) is 5.32 Å². The van der Waals surface area contributed by atoms with Crippen molar-refractivity contribution in [3.63, 3.8) is 0 Å². The molecule has 0 fully saturated rings. The standard InChI is InChI=1S/C15H17NO5/c1-9-11-4-3-10(17)7-13(11)21-15(19)12(9)8-14(18)16-5-6-20-2/h3-4,7,17H,5-6,8H2,1-2H3,(H,16,18). The number of phenolic OH excluding ortho intramolecular Hbond substituents is 1. The highest BCUT2D eigenvalue weighted by Gasteiger charge is 2.14. The normalized spacial score (nSPS) is 10.8. The fourth-order valence-electron chi connectivity index (χ4n) is 2.10. The quantitative estimate of drug-likeness (QED) is 0.636. The fraction of sp³-hybridized carbons (Fsp3) is 0.333. The van der Waals surface area contributed by atoms with Gasteiger partial charge in [-0.15, -0.1) is 0 Å². The molecule has 0 saturated carbocycles. The minimum absolute atomic E-state index is 0.0232. The number of amides is 1. The zero-order valence-electron chi connectivity index (χ0n) is 11.9. The zero-order chi connectivity index (χ0) is 15.4. The van der Waals surface area contributed by atoms with E-state index in [4.69, 9.17) is 9.15 Å². The molecule has 0 aliphatic carbocycles. The summed E-state index contributed by atoms with van der Waals surface area (Å²) in [7, 11) is 1.55. The Morgan fingerprint density at radius 3 is 2.90 bits per heavy atom. The van der Waals surface area contributed by atoms with Crippen molar-refractivity contribution < 1.29 is 19.1 Å². The summed E-state index contributed by atoms with van der Waals surface area (Å²) >= 11 is 0. The summed E-state index contributed by atoms with van der Waals surface area (Å²) in [6.07, 6.45) is -0.0469. The van der Waals surface area contributed by atoms with Crippen LogP contribution in [-0.4, -0.2) is 31.3 Å². The summed E-state index contributed by atoms with van der Waals surface area (Å²) in [4.78, 5) is 23.8. The number of carbonyl (C=O) groups is 1. The molecule has 1 heterocycles. The maximum absolute atomic E-state index is 12.0. The van der Waals surface area contributed by atoms with Crippen LogP contribution in [0.2, 0.25) is 0 Å². The van der Waals surface area contributed by atoms with E-state index in [1.54, 1.807) is 20.1 Å². The molecule has 0 unspecified atom stereocenters. The fourth-order valence-corrected chi connectivity index (χ4v) is 2.10. The Bertz CT molecular complexity index is 720. The van der Waals surface area contributed by atoms with Gasteiger partial charge in [-0.2, -0.15) is 0 Å². The smallest absolute Gasteiger partial charge is 0.340 e. The Morgan fingerprint density at radius 1 is 1.43 bits per heavy atom. The maximum Gasteiger partial charge on any atom is 0.340 e. The van der Waals surface area contributed by atoms with Gasteiger partial charge in [-0.25, -0.2) is 4.79 Å². The molecule has 0 bridgehead atoms. The highest BCUT2D eigenvalue weighted by molar-refractivity contribution is 5.85. The first-order valence-corrected chi connectivity index (χ1v) is 6.54. The number of rotatable bonds is 5. The number of phenols is 1. The lowest BCUT2D eigenvalue weighted by atomic mass is 10.0. The molecule has 0 spiro atoms. The van der Waals surface area contributed by atoms with Crippen molar-refractivity contribution in [1.29, 1.82) is 0 Å².